The van der Waals surface area contributed by atoms with Crippen LogP contribution < -0.4 is 15.8 Å². The molecule has 2 aromatic rings. The van der Waals surface area contributed by atoms with Gasteiger partial charge >= 0.3 is 0 Å². The second kappa shape index (κ2) is 5.44. The molecule has 1 aliphatic heterocycles. The molecule has 4 nitrogen and oxygen atoms in total. The Kier molecular flexibility index (Phi) is 3.48. The first-order chi connectivity index (χ1) is 10.1. The van der Waals surface area contributed by atoms with Gasteiger partial charge in [-0.2, -0.15) is 0 Å². The Morgan fingerprint density at radius 1 is 1.29 bits per heavy atom. The van der Waals surface area contributed by atoms with Gasteiger partial charge in [0.2, 0.25) is 5.91 Å². The largest absolute Gasteiger partial charge is 0.493 e. The number of rotatable bonds is 2. The quantitative estimate of drug-likeness (QED) is 0.834. The van der Waals surface area contributed by atoms with Crippen LogP contribution in [0.25, 0.3) is 0 Å². The summed E-state index contributed by atoms with van der Waals surface area (Å²) in [5, 5.41) is 2.61. The molecule has 0 saturated heterocycles. The third-order valence-corrected chi connectivity index (χ3v) is 3.52. The van der Waals surface area contributed by atoms with E-state index in [1.165, 1.54) is 18.2 Å². The number of para-hydroxylation sites is 1. The van der Waals surface area contributed by atoms with E-state index in [0.717, 1.165) is 5.56 Å². The monoisotopic (exact) mass is 286 g/mol. The zero-order valence-electron chi connectivity index (χ0n) is 11.3. The number of nitrogen functional groups attached to an aromatic ring is 1. The number of hydrogen-bond acceptors (Lipinski definition) is 3. The van der Waals surface area contributed by atoms with Crippen LogP contribution in [0.3, 0.4) is 0 Å². The van der Waals surface area contributed by atoms with Gasteiger partial charge < -0.3 is 15.8 Å². The van der Waals surface area contributed by atoms with Gasteiger partial charge in [-0.15, -0.1) is 0 Å². The molecule has 0 aromatic heterocycles. The molecule has 1 aliphatic rings. The van der Waals surface area contributed by atoms with E-state index in [1.54, 1.807) is 0 Å². The third kappa shape index (κ3) is 2.67. The zero-order chi connectivity index (χ0) is 14.8. The lowest BCUT2D eigenvalue weighted by Gasteiger charge is -2.25. The molecule has 108 valence electrons. The summed E-state index contributed by atoms with van der Waals surface area (Å²) in [5.74, 6) is -0.402. The second-order valence-electron chi connectivity index (χ2n) is 4.96. The molecule has 3 rings (SSSR count). The maximum atomic E-state index is 13.7. The Hall–Kier alpha value is -2.56. The number of carbonyl (C=O) groups is 1. The Bertz CT molecular complexity index is 688. The lowest BCUT2D eigenvalue weighted by Crippen LogP contribution is -2.26. The topological polar surface area (TPSA) is 64.3 Å². The Labute approximate surface area is 121 Å². The Morgan fingerprint density at radius 2 is 2.10 bits per heavy atom. The van der Waals surface area contributed by atoms with E-state index < -0.39 is 5.82 Å². The highest BCUT2D eigenvalue weighted by Gasteiger charge is 2.27. The van der Waals surface area contributed by atoms with Crippen LogP contribution in [0.2, 0.25) is 0 Å². The molecule has 1 unspecified atom stereocenters. The average molecular weight is 286 g/mol. The molecular weight excluding hydrogens is 271 g/mol. The van der Waals surface area contributed by atoms with Crippen LogP contribution in [0, 0.1) is 5.82 Å². The summed E-state index contributed by atoms with van der Waals surface area (Å²) < 4.78 is 19.2. The predicted molar refractivity (Wildman–Crippen MR) is 78.7 cm³/mol. The van der Waals surface area contributed by atoms with Crippen molar-refractivity contribution in [3.8, 4) is 5.75 Å². The van der Waals surface area contributed by atoms with Crippen molar-refractivity contribution in [2.75, 3.05) is 17.7 Å². The molecule has 0 spiro atoms. The van der Waals surface area contributed by atoms with Crippen molar-refractivity contribution in [2.45, 2.75) is 12.3 Å². The Morgan fingerprint density at radius 3 is 2.95 bits per heavy atom. The van der Waals surface area contributed by atoms with Crippen LogP contribution in [-0.4, -0.2) is 12.5 Å². The molecule has 2 aromatic carbocycles. The lowest BCUT2D eigenvalue weighted by molar-refractivity contribution is -0.118. The van der Waals surface area contributed by atoms with Crippen LogP contribution in [0.5, 0.6) is 5.75 Å². The Balaban J connectivity index is 1.85. The summed E-state index contributed by atoms with van der Waals surface area (Å²) in [4.78, 5) is 12.4. The van der Waals surface area contributed by atoms with E-state index in [4.69, 9.17) is 10.5 Å². The van der Waals surface area contributed by atoms with Crippen LogP contribution >= 0.6 is 0 Å². The summed E-state index contributed by atoms with van der Waals surface area (Å²) >= 11 is 0. The van der Waals surface area contributed by atoms with Crippen molar-refractivity contribution >= 4 is 17.3 Å². The minimum absolute atomic E-state index is 0.101. The van der Waals surface area contributed by atoms with Gasteiger partial charge in [-0.1, -0.05) is 18.2 Å². The maximum absolute atomic E-state index is 13.7. The highest BCUT2D eigenvalue weighted by Crippen LogP contribution is 2.34. The number of nitrogens with one attached hydrogen (secondary N) is 1. The number of hydrogen-bond donors (Lipinski definition) is 2. The van der Waals surface area contributed by atoms with Crippen LogP contribution in [0.1, 0.15) is 17.9 Å². The predicted octanol–water partition coefficient (Wildman–Crippen LogP) is 2.91. The first-order valence-electron chi connectivity index (χ1n) is 6.73. The summed E-state index contributed by atoms with van der Waals surface area (Å²) in [6.45, 7) is 0.467. The van der Waals surface area contributed by atoms with Gasteiger partial charge in [0.25, 0.3) is 0 Å². The summed E-state index contributed by atoms with van der Waals surface area (Å²) in [5.41, 5.74) is 6.95. The molecule has 0 saturated carbocycles. The molecular formula is C16H15FN2O2. The van der Waals surface area contributed by atoms with Gasteiger partial charge in [-0.25, -0.2) is 4.39 Å². The summed E-state index contributed by atoms with van der Waals surface area (Å²) in [6, 6.07) is 11.5. The molecule has 1 amide bonds. The second-order valence-corrected chi connectivity index (χ2v) is 4.96. The SMILES string of the molecule is Nc1ccc(F)c(NC(=O)C2CCOc3ccccc32)c1. The number of halogens is 1. The molecule has 0 bridgehead atoms. The highest BCUT2D eigenvalue weighted by molar-refractivity contribution is 5.96. The third-order valence-electron chi connectivity index (χ3n) is 3.52. The van der Waals surface area contributed by atoms with E-state index in [1.807, 2.05) is 24.3 Å². The van der Waals surface area contributed by atoms with Crippen molar-refractivity contribution in [1.29, 1.82) is 0 Å². The average Bonchev–Trinajstić information content (AvgIpc) is 2.50. The number of amides is 1. The molecule has 1 atom stereocenters. The fourth-order valence-electron chi connectivity index (χ4n) is 2.47. The maximum Gasteiger partial charge on any atom is 0.232 e. The van der Waals surface area contributed by atoms with Gasteiger partial charge in [0.05, 0.1) is 18.2 Å². The fraction of sp³-hybridized carbons (Fsp3) is 0.188. The van der Waals surface area contributed by atoms with Gasteiger partial charge in [-0.3, -0.25) is 4.79 Å². The minimum Gasteiger partial charge on any atom is -0.493 e. The number of benzene rings is 2. The fourth-order valence-corrected chi connectivity index (χ4v) is 2.47. The smallest absolute Gasteiger partial charge is 0.232 e. The van der Waals surface area contributed by atoms with Gasteiger partial charge in [0, 0.05) is 11.3 Å². The van der Waals surface area contributed by atoms with E-state index in [-0.39, 0.29) is 17.5 Å². The number of nitrogens with two attached hydrogens (primary N) is 1. The van der Waals surface area contributed by atoms with Crippen molar-refractivity contribution in [3.05, 3.63) is 53.8 Å². The standard InChI is InChI=1S/C16H15FN2O2/c17-13-6-5-10(18)9-14(13)19-16(20)12-7-8-21-15-4-2-1-3-11(12)15/h1-6,9,12H,7-8,18H2,(H,19,20). The summed E-state index contributed by atoms with van der Waals surface area (Å²) in [7, 11) is 0. The molecule has 0 aliphatic carbocycles. The molecule has 5 heteroatoms. The minimum atomic E-state index is -0.502. The van der Waals surface area contributed by atoms with Gasteiger partial charge in [0.15, 0.2) is 0 Å². The van der Waals surface area contributed by atoms with Crippen molar-refractivity contribution < 1.29 is 13.9 Å². The molecule has 3 N–H and O–H groups in total. The number of anilines is 2. The number of fused-ring (bicyclic) bond motifs is 1. The van der Waals surface area contributed by atoms with Gasteiger partial charge in [0.1, 0.15) is 11.6 Å². The van der Waals surface area contributed by atoms with Crippen molar-refractivity contribution in [1.82, 2.24) is 0 Å². The van der Waals surface area contributed by atoms with Crippen LogP contribution in [-0.2, 0) is 4.79 Å². The molecule has 21 heavy (non-hydrogen) atoms. The van der Waals surface area contributed by atoms with Crippen LogP contribution in [0.15, 0.2) is 42.5 Å². The number of carbonyl (C=O) groups excluding carboxylic acids is 1. The van der Waals surface area contributed by atoms with Gasteiger partial charge in [-0.05, 0) is 30.7 Å². The zero-order valence-corrected chi connectivity index (χ0v) is 11.3. The van der Waals surface area contributed by atoms with E-state index in [0.29, 0.717) is 24.5 Å². The van der Waals surface area contributed by atoms with E-state index in [2.05, 4.69) is 5.32 Å². The molecule has 0 radical (unpaired) electrons. The molecule has 0 fully saturated rings. The lowest BCUT2D eigenvalue weighted by atomic mass is 9.92. The first-order valence-corrected chi connectivity index (χ1v) is 6.73. The first kappa shape index (κ1) is 13.4. The molecule has 1 heterocycles. The van der Waals surface area contributed by atoms with Crippen molar-refractivity contribution in [2.24, 2.45) is 0 Å². The highest BCUT2D eigenvalue weighted by atomic mass is 19.1. The van der Waals surface area contributed by atoms with E-state index >= 15 is 0 Å². The number of ether oxygens (including phenoxy) is 1. The van der Waals surface area contributed by atoms with Crippen LogP contribution in [0.4, 0.5) is 15.8 Å². The normalized spacial score (nSPS) is 16.7. The summed E-state index contributed by atoms with van der Waals surface area (Å²) in [6.07, 6.45) is 0.562. The van der Waals surface area contributed by atoms with E-state index in [9.17, 15) is 9.18 Å². The van der Waals surface area contributed by atoms with Crippen molar-refractivity contribution in [3.63, 3.8) is 0 Å².